The number of aryl methyl sites for hydroxylation is 2. The largest absolute Gasteiger partial charge is 0.324 e. The number of hydrogen-bond donors (Lipinski definition) is 1. The summed E-state index contributed by atoms with van der Waals surface area (Å²) in [6.45, 7) is 2.11. The van der Waals surface area contributed by atoms with E-state index >= 15 is 0 Å². The van der Waals surface area contributed by atoms with Crippen molar-refractivity contribution in [3.8, 4) is 0 Å². The summed E-state index contributed by atoms with van der Waals surface area (Å²) in [7, 11) is 1.85. The minimum atomic E-state index is -0.0513. The van der Waals surface area contributed by atoms with Crippen LogP contribution in [0, 0.1) is 0 Å². The van der Waals surface area contributed by atoms with Gasteiger partial charge >= 0.3 is 0 Å². The summed E-state index contributed by atoms with van der Waals surface area (Å²) in [5.74, 6) is 0. The average molecular weight is 231 g/mol. The Morgan fingerprint density at radius 3 is 2.94 bits per heavy atom. The SMILES string of the molecule is CCc1cnccc1C(N)Cc1cn(C)nn1. The monoisotopic (exact) mass is 231 g/mol. The predicted molar refractivity (Wildman–Crippen MR) is 65.3 cm³/mol. The van der Waals surface area contributed by atoms with Crippen molar-refractivity contribution in [1.82, 2.24) is 20.0 Å². The third-order valence-corrected chi connectivity index (χ3v) is 2.80. The molecule has 0 aromatic carbocycles. The summed E-state index contributed by atoms with van der Waals surface area (Å²) in [4.78, 5) is 4.12. The Balaban J connectivity index is 2.16. The van der Waals surface area contributed by atoms with Gasteiger partial charge in [0.25, 0.3) is 0 Å². The zero-order valence-electron chi connectivity index (χ0n) is 10.2. The Bertz CT molecular complexity index is 491. The molecule has 2 aromatic heterocycles. The minimum absolute atomic E-state index is 0.0513. The maximum atomic E-state index is 6.21. The molecule has 5 heteroatoms. The van der Waals surface area contributed by atoms with Crippen molar-refractivity contribution in [1.29, 1.82) is 0 Å². The highest BCUT2D eigenvalue weighted by Crippen LogP contribution is 2.18. The molecule has 0 fully saturated rings. The number of nitrogens with two attached hydrogens (primary N) is 1. The highest BCUT2D eigenvalue weighted by Gasteiger charge is 2.12. The zero-order valence-corrected chi connectivity index (χ0v) is 10.2. The van der Waals surface area contributed by atoms with Crippen molar-refractivity contribution >= 4 is 0 Å². The maximum absolute atomic E-state index is 6.21. The smallest absolute Gasteiger partial charge is 0.0845 e. The van der Waals surface area contributed by atoms with Crippen molar-refractivity contribution in [2.75, 3.05) is 0 Å². The van der Waals surface area contributed by atoms with Crippen LogP contribution in [0.5, 0.6) is 0 Å². The highest BCUT2D eigenvalue weighted by molar-refractivity contribution is 5.27. The molecule has 2 heterocycles. The lowest BCUT2D eigenvalue weighted by atomic mass is 9.98. The molecule has 0 aliphatic rings. The van der Waals surface area contributed by atoms with Gasteiger partial charge < -0.3 is 5.73 Å². The second-order valence-electron chi connectivity index (χ2n) is 4.12. The molecule has 17 heavy (non-hydrogen) atoms. The third-order valence-electron chi connectivity index (χ3n) is 2.80. The Kier molecular flexibility index (Phi) is 3.49. The van der Waals surface area contributed by atoms with E-state index in [1.54, 1.807) is 10.9 Å². The van der Waals surface area contributed by atoms with Gasteiger partial charge in [-0.15, -0.1) is 5.10 Å². The lowest BCUT2D eigenvalue weighted by Crippen LogP contribution is -2.15. The number of pyridine rings is 1. The first-order valence-electron chi connectivity index (χ1n) is 5.74. The number of rotatable bonds is 4. The molecule has 2 aromatic rings. The number of hydrogen-bond acceptors (Lipinski definition) is 4. The summed E-state index contributed by atoms with van der Waals surface area (Å²) in [6.07, 6.45) is 7.20. The molecule has 1 atom stereocenters. The number of nitrogens with zero attached hydrogens (tertiary/aromatic N) is 4. The van der Waals surface area contributed by atoms with Crippen molar-refractivity contribution in [2.24, 2.45) is 12.8 Å². The summed E-state index contributed by atoms with van der Waals surface area (Å²) in [5.41, 5.74) is 9.47. The molecule has 0 bridgehead atoms. The van der Waals surface area contributed by atoms with Crippen molar-refractivity contribution in [2.45, 2.75) is 25.8 Å². The lowest BCUT2D eigenvalue weighted by Gasteiger charge is -2.13. The van der Waals surface area contributed by atoms with Gasteiger partial charge in [0.15, 0.2) is 0 Å². The summed E-state index contributed by atoms with van der Waals surface area (Å²) in [5, 5.41) is 7.96. The van der Waals surface area contributed by atoms with Crippen LogP contribution in [-0.4, -0.2) is 20.0 Å². The Hall–Kier alpha value is -1.75. The van der Waals surface area contributed by atoms with E-state index in [1.165, 1.54) is 5.56 Å². The van der Waals surface area contributed by atoms with E-state index in [1.807, 2.05) is 25.5 Å². The van der Waals surface area contributed by atoms with E-state index < -0.39 is 0 Å². The molecule has 5 nitrogen and oxygen atoms in total. The summed E-state index contributed by atoms with van der Waals surface area (Å²) < 4.78 is 1.69. The topological polar surface area (TPSA) is 69.6 Å². The van der Waals surface area contributed by atoms with E-state index in [0.717, 1.165) is 17.7 Å². The van der Waals surface area contributed by atoms with Crippen LogP contribution in [0.15, 0.2) is 24.7 Å². The van der Waals surface area contributed by atoms with Crippen LogP contribution in [0.2, 0.25) is 0 Å². The van der Waals surface area contributed by atoms with Crippen LogP contribution >= 0.6 is 0 Å². The maximum Gasteiger partial charge on any atom is 0.0845 e. The van der Waals surface area contributed by atoms with Crippen molar-refractivity contribution in [3.63, 3.8) is 0 Å². The average Bonchev–Trinajstić information content (AvgIpc) is 2.74. The van der Waals surface area contributed by atoms with Gasteiger partial charge in [-0.3, -0.25) is 9.67 Å². The second kappa shape index (κ2) is 5.05. The fraction of sp³-hybridized carbons (Fsp3) is 0.417. The van der Waals surface area contributed by atoms with E-state index in [-0.39, 0.29) is 6.04 Å². The van der Waals surface area contributed by atoms with E-state index in [0.29, 0.717) is 6.42 Å². The molecule has 2 N–H and O–H groups in total. The molecule has 2 rings (SSSR count). The van der Waals surface area contributed by atoms with E-state index in [9.17, 15) is 0 Å². The van der Waals surface area contributed by atoms with E-state index in [2.05, 4.69) is 22.2 Å². The molecule has 0 spiro atoms. The zero-order chi connectivity index (χ0) is 12.3. The standard InChI is InChI=1S/C12H17N5/c1-3-9-7-14-5-4-11(9)12(13)6-10-8-17(2)16-15-10/h4-5,7-8,12H,3,6,13H2,1-2H3. The molecule has 90 valence electrons. The van der Waals surface area contributed by atoms with Gasteiger partial charge in [0.2, 0.25) is 0 Å². The Morgan fingerprint density at radius 1 is 1.47 bits per heavy atom. The fourth-order valence-corrected chi connectivity index (χ4v) is 1.92. The predicted octanol–water partition coefficient (Wildman–Crippen LogP) is 1.01. The molecule has 0 aliphatic heterocycles. The molecule has 0 amide bonds. The van der Waals surface area contributed by atoms with Gasteiger partial charge in [0.1, 0.15) is 0 Å². The van der Waals surface area contributed by atoms with Gasteiger partial charge in [-0.1, -0.05) is 12.1 Å². The first kappa shape index (κ1) is 11.7. The minimum Gasteiger partial charge on any atom is -0.324 e. The van der Waals surface area contributed by atoms with Crippen LogP contribution in [0.25, 0.3) is 0 Å². The van der Waals surface area contributed by atoms with Crippen LogP contribution < -0.4 is 5.73 Å². The summed E-state index contributed by atoms with van der Waals surface area (Å²) >= 11 is 0. The normalized spacial score (nSPS) is 12.6. The molecular weight excluding hydrogens is 214 g/mol. The first-order valence-corrected chi connectivity index (χ1v) is 5.74. The second-order valence-corrected chi connectivity index (χ2v) is 4.12. The quantitative estimate of drug-likeness (QED) is 0.852. The van der Waals surface area contributed by atoms with Crippen LogP contribution in [0.3, 0.4) is 0 Å². The van der Waals surface area contributed by atoms with Crippen LogP contribution in [-0.2, 0) is 19.9 Å². The van der Waals surface area contributed by atoms with Gasteiger partial charge in [-0.05, 0) is 23.6 Å². The fourth-order valence-electron chi connectivity index (χ4n) is 1.92. The Labute approximate surface area is 101 Å². The van der Waals surface area contributed by atoms with Crippen molar-refractivity contribution in [3.05, 3.63) is 41.5 Å². The van der Waals surface area contributed by atoms with Gasteiger partial charge in [-0.25, -0.2) is 0 Å². The molecular formula is C12H17N5. The van der Waals surface area contributed by atoms with Crippen LogP contribution in [0.4, 0.5) is 0 Å². The van der Waals surface area contributed by atoms with Gasteiger partial charge in [0, 0.05) is 38.1 Å². The highest BCUT2D eigenvalue weighted by atomic mass is 15.4. The van der Waals surface area contributed by atoms with E-state index in [4.69, 9.17) is 5.73 Å². The van der Waals surface area contributed by atoms with Gasteiger partial charge in [-0.2, -0.15) is 0 Å². The molecule has 0 radical (unpaired) electrons. The first-order chi connectivity index (χ1) is 8.20. The molecule has 0 saturated heterocycles. The molecule has 0 aliphatic carbocycles. The number of aromatic nitrogens is 4. The molecule has 0 saturated carbocycles. The van der Waals surface area contributed by atoms with Crippen molar-refractivity contribution < 1.29 is 0 Å². The molecule has 1 unspecified atom stereocenters. The summed E-state index contributed by atoms with van der Waals surface area (Å²) in [6, 6.07) is 1.93. The van der Waals surface area contributed by atoms with Gasteiger partial charge in [0.05, 0.1) is 5.69 Å². The van der Waals surface area contributed by atoms with Crippen LogP contribution in [0.1, 0.15) is 29.8 Å². The Morgan fingerprint density at radius 2 is 2.29 bits per heavy atom. The third kappa shape index (κ3) is 2.68. The lowest BCUT2D eigenvalue weighted by molar-refractivity contribution is 0.687.